The Hall–Kier alpha value is -3.18. The molecule has 0 radical (unpaired) electrons. The van der Waals surface area contributed by atoms with E-state index in [0.717, 1.165) is 49.6 Å². The lowest BCUT2D eigenvalue weighted by Crippen LogP contribution is -2.50. The molecule has 11 heteroatoms. The number of hydrogen-bond donors (Lipinski definition) is 3. The van der Waals surface area contributed by atoms with Crippen LogP contribution < -0.4 is 15.4 Å². The number of nitrogens with zero attached hydrogens (tertiary/aromatic N) is 2. The minimum absolute atomic E-state index is 0.0750. The van der Waals surface area contributed by atoms with Gasteiger partial charge in [0.05, 0.1) is 24.8 Å². The van der Waals surface area contributed by atoms with Crippen molar-refractivity contribution in [3.8, 4) is 5.88 Å². The lowest BCUT2D eigenvalue weighted by atomic mass is 9.71. The third-order valence-corrected chi connectivity index (χ3v) is 8.42. The summed E-state index contributed by atoms with van der Waals surface area (Å²) >= 11 is 0. The molecule has 2 saturated carbocycles. The molecule has 2 aliphatic carbocycles. The van der Waals surface area contributed by atoms with Crippen LogP contribution in [0.1, 0.15) is 53.6 Å². The summed E-state index contributed by atoms with van der Waals surface area (Å²) in [6, 6.07) is 8.04. The van der Waals surface area contributed by atoms with Crippen LogP contribution in [0.5, 0.6) is 5.88 Å². The number of nitrogens with one attached hydrogen (secondary N) is 2. The molecular formula is C28H33F3N4O4. The number of amides is 2. The first-order chi connectivity index (χ1) is 18.6. The van der Waals surface area contributed by atoms with Gasteiger partial charge < -0.3 is 20.5 Å². The van der Waals surface area contributed by atoms with Crippen molar-refractivity contribution >= 4 is 11.8 Å². The molecule has 1 saturated heterocycles. The van der Waals surface area contributed by atoms with E-state index in [-0.39, 0.29) is 24.1 Å². The van der Waals surface area contributed by atoms with E-state index >= 15 is 0 Å². The highest BCUT2D eigenvalue weighted by Crippen LogP contribution is 2.52. The van der Waals surface area contributed by atoms with E-state index in [0.29, 0.717) is 43.1 Å². The molecule has 3 N–H and O–H groups in total. The zero-order valence-corrected chi connectivity index (χ0v) is 21.7. The smallest absolute Gasteiger partial charge is 0.416 e. The predicted molar refractivity (Wildman–Crippen MR) is 136 cm³/mol. The number of hydrogen-bond acceptors (Lipinski definition) is 6. The van der Waals surface area contributed by atoms with E-state index in [1.165, 1.54) is 6.07 Å². The second-order valence-electron chi connectivity index (χ2n) is 10.9. The van der Waals surface area contributed by atoms with Crippen molar-refractivity contribution < 1.29 is 32.6 Å². The molecule has 1 aromatic carbocycles. The van der Waals surface area contributed by atoms with Gasteiger partial charge in [0.2, 0.25) is 11.8 Å². The predicted octanol–water partition coefficient (Wildman–Crippen LogP) is 3.11. The molecule has 8 nitrogen and oxygen atoms in total. The van der Waals surface area contributed by atoms with E-state index in [9.17, 15) is 27.9 Å². The summed E-state index contributed by atoms with van der Waals surface area (Å²) in [4.78, 5) is 31.5. The van der Waals surface area contributed by atoms with Gasteiger partial charge in [0.15, 0.2) is 0 Å². The number of fused-ring (bicyclic) bond motifs is 2. The van der Waals surface area contributed by atoms with Gasteiger partial charge in [0, 0.05) is 48.6 Å². The molecule has 3 aliphatic rings. The molecule has 210 valence electrons. The zero-order valence-electron chi connectivity index (χ0n) is 21.7. The van der Waals surface area contributed by atoms with Gasteiger partial charge in [-0.3, -0.25) is 14.5 Å². The molecule has 2 unspecified atom stereocenters. The van der Waals surface area contributed by atoms with Crippen molar-refractivity contribution in [2.75, 3.05) is 26.7 Å². The minimum Gasteiger partial charge on any atom is -0.481 e. The molecule has 39 heavy (non-hydrogen) atoms. The summed E-state index contributed by atoms with van der Waals surface area (Å²) in [5.41, 5.74) is -1.16. The first kappa shape index (κ1) is 27.4. The maximum absolute atomic E-state index is 12.9. The fraction of sp³-hybridized carbons (Fsp3) is 0.536. The summed E-state index contributed by atoms with van der Waals surface area (Å²) in [5, 5.41) is 16.9. The van der Waals surface area contributed by atoms with Gasteiger partial charge >= 0.3 is 6.18 Å². The van der Waals surface area contributed by atoms with Crippen LogP contribution in [0, 0.1) is 11.8 Å². The maximum atomic E-state index is 12.9. The van der Waals surface area contributed by atoms with Crippen LogP contribution in [-0.2, 0) is 16.6 Å². The van der Waals surface area contributed by atoms with E-state index < -0.39 is 23.2 Å². The van der Waals surface area contributed by atoms with E-state index in [1.54, 1.807) is 19.4 Å². The third kappa shape index (κ3) is 5.89. The number of pyridine rings is 1. The van der Waals surface area contributed by atoms with Crippen LogP contribution in [0.4, 0.5) is 13.2 Å². The molecule has 2 amide bonds. The molecule has 2 heterocycles. The number of carbonyl (C=O) groups excluding carboxylic acids is 2. The Morgan fingerprint density at radius 3 is 2.54 bits per heavy atom. The lowest BCUT2D eigenvalue weighted by Gasteiger charge is -2.45. The van der Waals surface area contributed by atoms with Crippen molar-refractivity contribution in [2.45, 2.75) is 56.0 Å². The average Bonchev–Trinajstić information content (AvgIpc) is 3.48. The van der Waals surface area contributed by atoms with E-state index in [2.05, 4.69) is 20.5 Å². The van der Waals surface area contributed by atoms with E-state index in [1.807, 2.05) is 6.07 Å². The zero-order chi connectivity index (χ0) is 27.8. The standard InChI is InChI=1S/C28H33F3N4O4/c1-39-24-8-7-21(14-32-24)27(38)12-18-5-6-19(13-27)25(18)35-10-9-22(16-35)34-23(36)15-33-26(37)17-3-2-4-20(11-17)28(29,30)31/h2-4,7-8,11,14,18-19,22,25,38H,5-6,9-10,12-13,15-16H2,1H3,(H,33,37)(H,34,36)/t18?,19?,22-,25?,27?/m1/s1. The van der Waals surface area contributed by atoms with Crippen LogP contribution in [0.15, 0.2) is 42.6 Å². The first-order valence-corrected chi connectivity index (χ1v) is 13.3. The molecule has 1 aromatic heterocycles. The van der Waals surface area contributed by atoms with Crippen molar-refractivity contribution in [1.29, 1.82) is 0 Å². The molecule has 3 atom stereocenters. The third-order valence-electron chi connectivity index (χ3n) is 8.42. The van der Waals surface area contributed by atoms with Crippen LogP contribution in [-0.4, -0.2) is 65.6 Å². The number of benzene rings is 1. The molecule has 0 spiro atoms. The average molecular weight is 547 g/mol. The van der Waals surface area contributed by atoms with Crippen molar-refractivity contribution in [2.24, 2.45) is 11.8 Å². The van der Waals surface area contributed by atoms with Crippen molar-refractivity contribution in [3.05, 3.63) is 59.3 Å². The number of carbonyl (C=O) groups is 2. The van der Waals surface area contributed by atoms with Crippen LogP contribution in [0.3, 0.4) is 0 Å². The molecule has 2 bridgehead atoms. The lowest BCUT2D eigenvalue weighted by molar-refractivity contribution is -0.137. The monoisotopic (exact) mass is 546 g/mol. The highest BCUT2D eigenvalue weighted by atomic mass is 19.4. The van der Waals surface area contributed by atoms with Gasteiger partial charge in [-0.25, -0.2) is 4.98 Å². The molecule has 1 aliphatic heterocycles. The van der Waals surface area contributed by atoms with Gasteiger partial charge in [0.25, 0.3) is 5.91 Å². The van der Waals surface area contributed by atoms with Crippen molar-refractivity contribution in [1.82, 2.24) is 20.5 Å². The number of halogens is 3. The summed E-state index contributed by atoms with van der Waals surface area (Å²) in [5.74, 6) is 0.0892. The minimum atomic E-state index is -4.55. The van der Waals surface area contributed by atoms with Crippen LogP contribution in [0.25, 0.3) is 0 Å². The molecule has 3 fully saturated rings. The number of methoxy groups -OCH3 is 1. The summed E-state index contributed by atoms with van der Waals surface area (Å²) in [6.07, 6.45) is 1.36. The summed E-state index contributed by atoms with van der Waals surface area (Å²) < 4.78 is 43.9. The normalized spacial score (nSPS) is 28.7. The fourth-order valence-corrected chi connectivity index (χ4v) is 6.71. The molecular weight excluding hydrogens is 513 g/mol. The Bertz CT molecular complexity index is 1190. The number of aliphatic hydroxyl groups is 1. The quantitative estimate of drug-likeness (QED) is 0.493. The van der Waals surface area contributed by atoms with Gasteiger partial charge in [-0.2, -0.15) is 13.2 Å². The number of aromatic nitrogens is 1. The van der Waals surface area contributed by atoms with Gasteiger partial charge in [0.1, 0.15) is 0 Å². The van der Waals surface area contributed by atoms with Gasteiger partial charge in [-0.05, 0) is 68.2 Å². The second-order valence-corrected chi connectivity index (χ2v) is 10.9. The summed E-state index contributed by atoms with van der Waals surface area (Å²) in [6.45, 7) is 1.21. The van der Waals surface area contributed by atoms with Crippen LogP contribution in [0.2, 0.25) is 0 Å². The number of alkyl halides is 3. The van der Waals surface area contributed by atoms with Crippen LogP contribution >= 0.6 is 0 Å². The fourth-order valence-electron chi connectivity index (χ4n) is 6.71. The Morgan fingerprint density at radius 2 is 1.90 bits per heavy atom. The highest BCUT2D eigenvalue weighted by Gasteiger charge is 2.52. The SMILES string of the molecule is COc1ccc(C2(O)CC3CCC(C2)C3N2CC[C@@H](NC(=O)CNC(=O)c3cccc(C(F)(F)F)c3)C2)cn1. The summed E-state index contributed by atoms with van der Waals surface area (Å²) in [7, 11) is 1.56. The number of rotatable bonds is 7. The highest BCUT2D eigenvalue weighted by molar-refractivity contribution is 5.96. The first-order valence-electron chi connectivity index (χ1n) is 13.3. The largest absolute Gasteiger partial charge is 0.481 e. The topological polar surface area (TPSA) is 104 Å². The number of ether oxygens (including phenoxy) is 1. The Balaban J connectivity index is 1.12. The maximum Gasteiger partial charge on any atom is 0.416 e. The molecule has 2 aromatic rings. The van der Waals surface area contributed by atoms with E-state index in [4.69, 9.17) is 4.74 Å². The Kier molecular flexibility index (Phi) is 7.56. The second kappa shape index (κ2) is 10.8. The number of likely N-dealkylation sites (tertiary alicyclic amines) is 1. The molecule has 5 rings (SSSR count). The van der Waals surface area contributed by atoms with Crippen molar-refractivity contribution in [3.63, 3.8) is 0 Å². The van der Waals surface area contributed by atoms with Gasteiger partial charge in [-0.1, -0.05) is 6.07 Å². The Labute approximate surface area is 224 Å². The Morgan fingerprint density at radius 1 is 1.15 bits per heavy atom. The van der Waals surface area contributed by atoms with Gasteiger partial charge in [-0.15, -0.1) is 0 Å².